The third kappa shape index (κ3) is 2.90. The van der Waals surface area contributed by atoms with Crippen LogP contribution in [0.2, 0.25) is 0 Å². The lowest BCUT2D eigenvalue weighted by atomic mass is 9.53. The Morgan fingerprint density at radius 2 is 1.18 bits per heavy atom. The molecule has 3 heteroatoms. The van der Waals surface area contributed by atoms with Gasteiger partial charge >= 0.3 is 5.97 Å². The molecular formula is C36H26O3. The Balaban J connectivity index is 1.49. The van der Waals surface area contributed by atoms with Crippen LogP contribution in [0, 0.1) is 5.92 Å². The van der Waals surface area contributed by atoms with Crippen molar-refractivity contribution in [2.45, 2.75) is 18.3 Å². The molecule has 5 aromatic carbocycles. The quantitative estimate of drug-likeness (QED) is 0.138. The van der Waals surface area contributed by atoms with Crippen molar-refractivity contribution in [2.75, 3.05) is 7.11 Å². The first kappa shape index (κ1) is 22.4. The molecule has 188 valence electrons. The third-order valence-electron chi connectivity index (χ3n) is 8.93. The van der Waals surface area contributed by atoms with Gasteiger partial charge in [0.1, 0.15) is 11.5 Å². The van der Waals surface area contributed by atoms with E-state index in [2.05, 4.69) is 97.1 Å². The van der Waals surface area contributed by atoms with Crippen LogP contribution >= 0.6 is 0 Å². The molecule has 5 aromatic rings. The Hall–Kier alpha value is -4.63. The van der Waals surface area contributed by atoms with Crippen LogP contribution in [0.25, 0.3) is 33.7 Å². The molecular weight excluding hydrogens is 480 g/mol. The van der Waals surface area contributed by atoms with Gasteiger partial charge in [0.2, 0.25) is 0 Å². The molecule has 0 saturated heterocycles. The molecule has 0 saturated carbocycles. The number of ether oxygens (including phenoxy) is 2. The summed E-state index contributed by atoms with van der Waals surface area (Å²) in [5.74, 6) is 1.28. The van der Waals surface area contributed by atoms with Crippen molar-refractivity contribution in [3.05, 3.63) is 130 Å². The largest absolute Gasteiger partial charge is 0.497 e. The highest BCUT2D eigenvalue weighted by Gasteiger charge is 2.56. The van der Waals surface area contributed by atoms with Crippen molar-refractivity contribution in [1.82, 2.24) is 0 Å². The molecule has 0 amide bonds. The summed E-state index contributed by atoms with van der Waals surface area (Å²) in [6, 6.07) is 30.3. The van der Waals surface area contributed by atoms with E-state index in [0.29, 0.717) is 5.75 Å². The number of rotatable bonds is 5. The van der Waals surface area contributed by atoms with E-state index in [1.54, 1.807) is 7.11 Å². The minimum absolute atomic E-state index is 0.00999. The van der Waals surface area contributed by atoms with E-state index in [1.807, 2.05) is 12.1 Å². The summed E-state index contributed by atoms with van der Waals surface area (Å²) in [5.41, 5.74) is 7.52. The standard InChI is InChI=1S/C36H26O3/c1-21(37)39-30-19-13-25(14-20-30)33(24-11-17-29(38-2)18-12-24)36-28-15-9-26-7-5-22-3-4-23-6-8-27(10-16-28)35(36)32(23)31(22)34(26)36/h3-20,28,33H,1-2H3. The summed E-state index contributed by atoms with van der Waals surface area (Å²) >= 11 is 0. The fraction of sp³-hybridized carbons (Fsp3) is 0.139. The monoisotopic (exact) mass is 506 g/mol. The average Bonchev–Trinajstić information content (AvgIpc) is 3.29. The van der Waals surface area contributed by atoms with Gasteiger partial charge in [-0.25, -0.2) is 0 Å². The van der Waals surface area contributed by atoms with Crippen molar-refractivity contribution in [2.24, 2.45) is 5.92 Å². The number of carbonyl (C=O) groups is 1. The number of carbonyl (C=O) groups excluding carboxylic acids is 1. The SMILES string of the molecule is COc1ccc(C(c2ccc(OC(C)=O)cc2)C23c4c5ccc6ccc7ccc(c2c7c46)C=CC3C=C5)cc1. The van der Waals surface area contributed by atoms with Gasteiger partial charge in [0.05, 0.1) is 7.11 Å². The number of hydrogen-bond acceptors (Lipinski definition) is 3. The lowest BCUT2D eigenvalue weighted by Gasteiger charge is -2.49. The fourth-order valence-corrected chi connectivity index (χ4v) is 7.57. The molecule has 0 bridgehead atoms. The van der Waals surface area contributed by atoms with Gasteiger partial charge in [0.25, 0.3) is 0 Å². The molecule has 0 radical (unpaired) electrons. The Labute approximate surface area is 227 Å². The number of hydrogen-bond donors (Lipinski definition) is 0. The van der Waals surface area contributed by atoms with Crippen LogP contribution in [-0.2, 0) is 10.2 Å². The van der Waals surface area contributed by atoms with Crippen molar-refractivity contribution >= 4 is 39.7 Å². The van der Waals surface area contributed by atoms with E-state index in [1.165, 1.54) is 61.8 Å². The zero-order valence-corrected chi connectivity index (χ0v) is 21.8. The summed E-state index contributed by atoms with van der Waals surface area (Å²) in [6.07, 6.45) is 9.41. The third-order valence-corrected chi connectivity index (χ3v) is 8.93. The molecule has 3 nitrogen and oxygen atoms in total. The summed E-state index contributed by atoms with van der Waals surface area (Å²) in [7, 11) is 1.71. The Kier molecular flexibility index (Phi) is 4.55. The summed E-state index contributed by atoms with van der Waals surface area (Å²) in [6.45, 7) is 1.43. The molecule has 39 heavy (non-hydrogen) atoms. The lowest BCUT2D eigenvalue weighted by molar-refractivity contribution is -0.131. The first-order valence-electron chi connectivity index (χ1n) is 13.4. The highest BCUT2D eigenvalue weighted by molar-refractivity contribution is 6.18. The number of esters is 1. The summed E-state index contributed by atoms with van der Waals surface area (Å²) < 4.78 is 10.9. The normalized spacial score (nSPS) is 20.2. The van der Waals surface area contributed by atoms with Gasteiger partial charge in [-0.1, -0.05) is 85.0 Å². The maximum atomic E-state index is 11.6. The van der Waals surface area contributed by atoms with Crippen LogP contribution in [0.5, 0.6) is 11.5 Å². The summed E-state index contributed by atoms with van der Waals surface area (Å²) in [5, 5.41) is 5.34. The average molecular weight is 507 g/mol. The van der Waals surface area contributed by atoms with Crippen molar-refractivity contribution in [3.63, 3.8) is 0 Å². The van der Waals surface area contributed by atoms with Gasteiger partial charge in [-0.2, -0.15) is 0 Å². The number of benzene rings is 5. The number of allylic oxidation sites excluding steroid dienone is 2. The Morgan fingerprint density at radius 1 is 0.692 bits per heavy atom. The second-order valence-corrected chi connectivity index (χ2v) is 10.8. The molecule has 1 atom stereocenters. The Morgan fingerprint density at radius 3 is 1.67 bits per heavy atom. The Bertz CT molecular complexity index is 1810. The maximum Gasteiger partial charge on any atom is 0.308 e. The van der Waals surface area contributed by atoms with Gasteiger partial charge in [0, 0.05) is 24.2 Å². The second kappa shape index (κ2) is 7.94. The van der Waals surface area contributed by atoms with E-state index < -0.39 is 0 Å². The predicted octanol–water partition coefficient (Wildman–Crippen LogP) is 8.03. The van der Waals surface area contributed by atoms with Crippen LogP contribution in [0.15, 0.2) is 97.1 Å². The van der Waals surface area contributed by atoms with E-state index in [-0.39, 0.29) is 23.2 Å². The van der Waals surface area contributed by atoms with Gasteiger partial charge in [-0.15, -0.1) is 0 Å². The zero-order valence-electron chi connectivity index (χ0n) is 21.8. The van der Waals surface area contributed by atoms with Crippen LogP contribution in [0.4, 0.5) is 0 Å². The van der Waals surface area contributed by atoms with Crippen LogP contribution in [0.1, 0.15) is 46.2 Å². The van der Waals surface area contributed by atoms with Crippen molar-refractivity contribution in [3.8, 4) is 11.5 Å². The van der Waals surface area contributed by atoms with Crippen LogP contribution in [-0.4, -0.2) is 13.1 Å². The minimum Gasteiger partial charge on any atom is -0.497 e. The molecule has 0 N–H and O–H groups in total. The number of methoxy groups -OCH3 is 1. The highest BCUT2D eigenvalue weighted by Crippen LogP contribution is 2.65. The maximum absolute atomic E-state index is 11.6. The topological polar surface area (TPSA) is 35.5 Å². The molecule has 3 aliphatic carbocycles. The van der Waals surface area contributed by atoms with Gasteiger partial charge in [-0.05, 0) is 79.2 Å². The molecule has 0 heterocycles. The fourth-order valence-electron chi connectivity index (χ4n) is 7.57. The molecule has 0 fully saturated rings. The molecule has 8 rings (SSSR count). The van der Waals surface area contributed by atoms with Gasteiger partial charge in [-0.3, -0.25) is 4.79 Å². The molecule has 0 aliphatic heterocycles. The molecule has 0 spiro atoms. The van der Waals surface area contributed by atoms with Crippen LogP contribution < -0.4 is 9.47 Å². The van der Waals surface area contributed by atoms with Gasteiger partial charge in [0.15, 0.2) is 0 Å². The van der Waals surface area contributed by atoms with E-state index in [4.69, 9.17) is 9.47 Å². The smallest absolute Gasteiger partial charge is 0.308 e. The molecule has 3 aliphatic rings. The molecule has 0 aromatic heterocycles. The van der Waals surface area contributed by atoms with Crippen LogP contribution in [0.3, 0.4) is 0 Å². The first-order chi connectivity index (χ1) is 19.1. The summed E-state index contributed by atoms with van der Waals surface area (Å²) in [4.78, 5) is 11.6. The van der Waals surface area contributed by atoms with E-state index in [9.17, 15) is 4.79 Å². The second-order valence-electron chi connectivity index (χ2n) is 10.8. The first-order valence-corrected chi connectivity index (χ1v) is 13.4. The predicted molar refractivity (Wildman–Crippen MR) is 156 cm³/mol. The minimum atomic E-state index is -0.325. The van der Waals surface area contributed by atoms with E-state index >= 15 is 0 Å². The van der Waals surface area contributed by atoms with Crippen molar-refractivity contribution in [1.29, 1.82) is 0 Å². The highest BCUT2D eigenvalue weighted by atomic mass is 16.5. The lowest BCUT2D eigenvalue weighted by Crippen LogP contribution is -2.43. The molecule has 1 unspecified atom stereocenters. The van der Waals surface area contributed by atoms with E-state index in [0.717, 1.165) is 5.75 Å². The van der Waals surface area contributed by atoms with Gasteiger partial charge < -0.3 is 9.47 Å². The van der Waals surface area contributed by atoms with Crippen molar-refractivity contribution < 1.29 is 14.3 Å². The zero-order chi connectivity index (χ0) is 26.3.